The van der Waals surface area contributed by atoms with E-state index in [9.17, 15) is 0 Å². The molecule has 0 unspecified atom stereocenters. The Morgan fingerprint density at radius 3 is 0.774 bits per heavy atom. The van der Waals surface area contributed by atoms with Gasteiger partial charge in [0.05, 0.1) is 21.3 Å². The normalized spacial score (nSPS) is 8.71. The van der Waals surface area contributed by atoms with Crippen molar-refractivity contribution in [3.05, 3.63) is 72.8 Å². The smallest absolute Gasteiger partial charge is 0.119 e. The number of rotatable bonds is 6. The quantitative estimate of drug-likeness (QED) is 0.190. The van der Waals surface area contributed by atoms with E-state index < -0.39 is 0 Å². The molecule has 0 fully saturated rings. The predicted molar refractivity (Wildman–Crippen MR) is 129 cm³/mol. The molecule has 0 heterocycles. The molecule has 3 rings (SSSR count). The summed E-state index contributed by atoms with van der Waals surface area (Å²) in [7, 11) is 4.89. The van der Waals surface area contributed by atoms with Crippen molar-refractivity contribution in [2.75, 3.05) is 37.6 Å². The maximum absolute atomic E-state index is 5.15. The third-order valence-corrected chi connectivity index (χ3v) is 3.77. The lowest BCUT2D eigenvalue weighted by Gasteiger charge is -2.00. The van der Waals surface area contributed by atoms with Gasteiger partial charge in [0, 0.05) is 27.0 Å². The van der Waals surface area contributed by atoms with Crippen molar-refractivity contribution in [3.63, 3.8) is 0 Å². The average molecular weight is 445 g/mol. The molecule has 9 nitrogen and oxygen atoms in total. The fraction of sp³-hybridized carbons (Fsp3) is 0.143. The van der Waals surface area contributed by atoms with E-state index >= 15 is 0 Å². The van der Waals surface area contributed by atoms with Gasteiger partial charge >= 0.3 is 0 Å². The monoisotopic (exact) mass is 445 g/mol. The Morgan fingerprint density at radius 1 is 0.452 bits per heavy atom. The van der Waals surface area contributed by atoms with Crippen LogP contribution in [0.5, 0.6) is 17.2 Å². The lowest BCUT2D eigenvalue weighted by molar-refractivity contribution is 0.415. The highest BCUT2D eigenvalue weighted by Gasteiger charge is 1.90. The van der Waals surface area contributed by atoms with Gasteiger partial charge in [0.2, 0.25) is 0 Å². The summed E-state index contributed by atoms with van der Waals surface area (Å²) in [6.45, 7) is 0. The summed E-state index contributed by atoms with van der Waals surface area (Å²) in [4.78, 5) is 0. The van der Waals surface area contributed by atoms with Gasteiger partial charge in [-0.3, -0.25) is 17.5 Å². The van der Waals surface area contributed by atoms with Gasteiger partial charge in [-0.25, -0.2) is 0 Å². The van der Waals surface area contributed by atoms with E-state index in [1.165, 1.54) is 0 Å². The second kappa shape index (κ2) is 16.6. The first-order valence-electron chi connectivity index (χ1n) is 8.92. The number of hydrogen-bond acceptors (Lipinski definition) is 9. The molecule has 3 aromatic rings. The average Bonchev–Trinajstić information content (AvgIpc) is 2.85. The van der Waals surface area contributed by atoms with Gasteiger partial charge in [-0.05, 0) is 72.8 Å². The summed E-state index contributed by atoms with van der Waals surface area (Å²) < 4.78 is 14.8. The molecule has 0 aliphatic rings. The fourth-order valence-corrected chi connectivity index (χ4v) is 2.06. The number of anilines is 3. The molecule has 31 heavy (non-hydrogen) atoms. The Morgan fingerprint density at radius 2 is 0.645 bits per heavy atom. The van der Waals surface area contributed by atoms with E-state index in [2.05, 4.69) is 16.3 Å². The zero-order valence-corrected chi connectivity index (χ0v) is 18.7. The van der Waals surface area contributed by atoms with Crippen LogP contribution in [0.25, 0.3) is 0 Å². The fourth-order valence-electron chi connectivity index (χ4n) is 2.06. The molecule has 0 aromatic heterocycles. The molecule has 0 saturated carbocycles. The van der Waals surface area contributed by atoms with Crippen LogP contribution in [-0.4, -0.2) is 21.3 Å². The number of nitrogens with one attached hydrogen (secondary N) is 3. The van der Waals surface area contributed by atoms with Crippen molar-refractivity contribution >= 4 is 27.0 Å². The summed E-state index contributed by atoms with van der Waals surface area (Å²) in [5.74, 6) is 17.9. The van der Waals surface area contributed by atoms with Crippen LogP contribution in [0.3, 0.4) is 0 Å². The summed E-state index contributed by atoms with van der Waals surface area (Å²) in [5, 5.41) is 0. The molecule has 9 N–H and O–H groups in total. The lowest BCUT2D eigenvalue weighted by Crippen LogP contribution is -2.05. The van der Waals surface area contributed by atoms with Crippen molar-refractivity contribution in [1.29, 1.82) is 0 Å². The predicted octanol–water partition coefficient (Wildman–Crippen LogP) is 3.80. The summed E-state index contributed by atoms with van der Waals surface area (Å²) in [5.41, 5.74) is 10.2. The first-order chi connectivity index (χ1) is 14.6. The van der Waals surface area contributed by atoms with E-state index in [0.29, 0.717) is 0 Å². The van der Waals surface area contributed by atoms with Crippen LogP contribution in [0.4, 0.5) is 17.1 Å². The molecule has 0 atom stereocenters. The molecule has 0 bridgehead atoms. The number of benzene rings is 3. The van der Waals surface area contributed by atoms with Gasteiger partial charge in [-0.15, -0.1) is 0 Å². The summed E-state index contributed by atoms with van der Waals surface area (Å²) in [6.07, 6.45) is 0. The molecule has 0 saturated heterocycles. The number of nitrogen functional groups attached to an aromatic ring is 3. The van der Waals surface area contributed by atoms with E-state index in [-0.39, 0.29) is 9.90 Å². The lowest BCUT2D eigenvalue weighted by atomic mass is 10.3. The third-order valence-electron chi connectivity index (χ3n) is 3.77. The van der Waals surface area contributed by atoms with Crippen molar-refractivity contribution in [3.8, 4) is 17.2 Å². The van der Waals surface area contributed by atoms with E-state index in [4.69, 9.17) is 31.7 Å². The van der Waals surface area contributed by atoms with Crippen LogP contribution in [0, 0.1) is 0 Å². The van der Waals surface area contributed by atoms with Gasteiger partial charge in [0.15, 0.2) is 0 Å². The first-order valence-corrected chi connectivity index (χ1v) is 8.92. The van der Waals surface area contributed by atoms with Gasteiger partial charge < -0.3 is 30.5 Å². The SMILES string of the molecule is COc1ccc(NN)cc1.COc1ccc(NN)cc1.COc1ccc(NN)cc1.[P]. The van der Waals surface area contributed by atoms with Crippen LogP contribution in [-0.2, 0) is 0 Å². The van der Waals surface area contributed by atoms with Crippen molar-refractivity contribution in [2.45, 2.75) is 0 Å². The van der Waals surface area contributed by atoms with E-state index in [1.54, 1.807) is 21.3 Å². The number of methoxy groups -OCH3 is 3. The van der Waals surface area contributed by atoms with Gasteiger partial charge in [0.1, 0.15) is 17.2 Å². The van der Waals surface area contributed by atoms with E-state index in [1.807, 2.05) is 72.8 Å². The minimum Gasteiger partial charge on any atom is -0.497 e. The largest absolute Gasteiger partial charge is 0.497 e. The molecule has 0 aliphatic heterocycles. The molecule has 3 radical (unpaired) electrons. The van der Waals surface area contributed by atoms with Crippen LogP contribution in [0.15, 0.2) is 72.8 Å². The first kappa shape index (κ1) is 27.8. The van der Waals surface area contributed by atoms with Crippen molar-refractivity contribution in [1.82, 2.24) is 0 Å². The number of ether oxygens (including phenoxy) is 3. The van der Waals surface area contributed by atoms with Gasteiger partial charge in [0.25, 0.3) is 0 Å². The maximum Gasteiger partial charge on any atom is 0.119 e. The minimum atomic E-state index is 0. The summed E-state index contributed by atoms with van der Waals surface area (Å²) >= 11 is 0. The Balaban J connectivity index is 0.000000429. The summed E-state index contributed by atoms with van der Waals surface area (Å²) in [6, 6.07) is 22.1. The van der Waals surface area contributed by atoms with E-state index in [0.717, 1.165) is 34.3 Å². The Kier molecular flexibility index (Phi) is 14.8. The van der Waals surface area contributed by atoms with Crippen LogP contribution >= 0.6 is 9.90 Å². The molecule has 167 valence electrons. The Bertz CT molecular complexity index is 636. The second-order valence-electron chi connectivity index (χ2n) is 5.62. The van der Waals surface area contributed by atoms with Gasteiger partial charge in [-0.2, -0.15) is 0 Å². The zero-order valence-electron chi connectivity index (χ0n) is 17.8. The number of nitrogens with two attached hydrogens (primary N) is 3. The standard InChI is InChI=1S/3C7H10N2O.P/c3*1-10-7-4-2-6(9-8)3-5-7;/h3*2-5,9H,8H2,1H3;. The van der Waals surface area contributed by atoms with Crippen LogP contribution in [0.1, 0.15) is 0 Å². The van der Waals surface area contributed by atoms with Crippen molar-refractivity contribution < 1.29 is 14.2 Å². The molecule has 0 amide bonds. The third kappa shape index (κ3) is 10.9. The molecule has 0 aliphatic carbocycles. The van der Waals surface area contributed by atoms with Crippen LogP contribution < -0.4 is 48.0 Å². The molecular weight excluding hydrogens is 415 g/mol. The van der Waals surface area contributed by atoms with Gasteiger partial charge in [-0.1, -0.05) is 0 Å². The number of hydrazine groups is 3. The molecule has 3 aromatic carbocycles. The molecule has 10 heteroatoms. The number of hydrogen-bond donors (Lipinski definition) is 6. The topological polar surface area (TPSA) is 142 Å². The van der Waals surface area contributed by atoms with Crippen molar-refractivity contribution in [2.24, 2.45) is 17.5 Å². The molecule has 0 spiro atoms. The van der Waals surface area contributed by atoms with Crippen LogP contribution in [0.2, 0.25) is 0 Å². The Labute approximate surface area is 186 Å². The second-order valence-corrected chi connectivity index (χ2v) is 5.62. The minimum absolute atomic E-state index is 0. The maximum atomic E-state index is 5.15. The zero-order chi connectivity index (χ0) is 22.2. The Hall–Kier alpha value is -3.23. The highest BCUT2D eigenvalue weighted by Crippen LogP contribution is 2.14. The molecular formula is C21H30N6O3P. The highest BCUT2D eigenvalue weighted by molar-refractivity contribution is 6.92. The highest BCUT2D eigenvalue weighted by atomic mass is 31.0.